The highest BCUT2D eigenvalue weighted by molar-refractivity contribution is 6.30. The highest BCUT2D eigenvalue weighted by Crippen LogP contribution is 2.50. The zero-order valence-corrected chi connectivity index (χ0v) is 15.5. The van der Waals surface area contributed by atoms with Gasteiger partial charge in [-0.2, -0.15) is 0 Å². The van der Waals surface area contributed by atoms with Gasteiger partial charge in [-0.25, -0.2) is 4.98 Å². The molecule has 0 spiro atoms. The van der Waals surface area contributed by atoms with Crippen molar-refractivity contribution in [2.24, 2.45) is 17.8 Å². The van der Waals surface area contributed by atoms with Gasteiger partial charge in [0, 0.05) is 5.02 Å². The third-order valence-corrected chi connectivity index (χ3v) is 6.44. The van der Waals surface area contributed by atoms with Crippen molar-refractivity contribution >= 4 is 28.7 Å². The van der Waals surface area contributed by atoms with E-state index in [1.807, 2.05) is 18.2 Å². The minimum Gasteiger partial charge on any atom is -0.338 e. The van der Waals surface area contributed by atoms with Crippen LogP contribution in [-0.4, -0.2) is 9.97 Å². The second kappa shape index (κ2) is 6.59. The van der Waals surface area contributed by atoms with E-state index in [1.54, 1.807) is 5.57 Å². The topological polar surface area (TPSA) is 28.7 Å². The maximum atomic E-state index is 6.02. The average Bonchev–Trinajstić information content (AvgIpc) is 3.15. The molecule has 0 aliphatic heterocycles. The highest BCUT2D eigenvalue weighted by Gasteiger charge is 2.38. The van der Waals surface area contributed by atoms with Gasteiger partial charge in [0.25, 0.3) is 0 Å². The fourth-order valence-corrected chi connectivity index (χ4v) is 5.16. The summed E-state index contributed by atoms with van der Waals surface area (Å²) in [5.74, 6) is 3.29. The summed E-state index contributed by atoms with van der Waals surface area (Å²) in [4.78, 5) is 8.22. The lowest BCUT2D eigenvalue weighted by Gasteiger charge is -2.30. The van der Waals surface area contributed by atoms with Gasteiger partial charge in [-0.1, -0.05) is 41.4 Å². The molecule has 2 atom stereocenters. The first-order valence-corrected chi connectivity index (χ1v) is 10.0. The number of para-hydroxylation sites is 2. The molecule has 2 aliphatic rings. The standard InChI is InChI=1S/C23H23ClN2/c24-19-9-5-15(6-10-19)11-16-12-17-7-8-18(13-16)20(17)14-23-25-21-3-1-2-4-22(21)26-23/h1-6,9-10,14,16-18H,7-8,11-13H2,(H,25,26). The molecule has 5 rings (SSSR count). The molecule has 2 unspecified atom stereocenters. The van der Waals surface area contributed by atoms with Gasteiger partial charge in [0.2, 0.25) is 0 Å². The number of aromatic nitrogens is 2. The lowest BCUT2D eigenvalue weighted by molar-refractivity contribution is 0.329. The molecule has 2 nitrogen and oxygen atoms in total. The SMILES string of the molecule is Clc1ccc(CC2CC3CCC(C2)C3=Cc2nc3ccccc3[nH]2)cc1. The third kappa shape index (κ3) is 3.07. The number of fused-ring (bicyclic) bond motifs is 3. The Balaban J connectivity index is 1.34. The lowest BCUT2D eigenvalue weighted by atomic mass is 9.75. The number of benzene rings is 2. The highest BCUT2D eigenvalue weighted by atomic mass is 35.5. The van der Waals surface area contributed by atoms with Crippen molar-refractivity contribution < 1.29 is 0 Å². The number of aromatic amines is 1. The Kier molecular flexibility index (Phi) is 4.09. The molecule has 2 saturated carbocycles. The number of halogens is 1. The molecule has 3 aromatic rings. The van der Waals surface area contributed by atoms with Crippen molar-refractivity contribution in [3.05, 3.63) is 70.5 Å². The average molecular weight is 363 g/mol. The van der Waals surface area contributed by atoms with Crippen LogP contribution in [0.3, 0.4) is 0 Å². The quantitative estimate of drug-likeness (QED) is 0.583. The van der Waals surface area contributed by atoms with Crippen molar-refractivity contribution in [2.75, 3.05) is 0 Å². The van der Waals surface area contributed by atoms with Gasteiger partial charge < -0.3 is 4.98 Å². The van der Waals surface area contributed by atoms with Crippen LogP contribution in [0.15, 0.2) is 54.1 Å². The number of imidazole rings is 1. The van der Waals surface area contributed by atoms with Crippen LogP contribution < -0.4 is 0 Å². The molecule has 1 heterocycles. The Morgan fingerprint density at radius 3 is 2.46 bits per heavy atom. The van der Waals surface area contributed by atoms with Gasteiger partial charge in [-0.05, 0) is 85.8 Å². The third-order valence-electron chi connectivity index (χ3n) is 6.19. The summed E-state index contributed by atoms with van der Waals surface area (Å²) >= 11 is 6.02. The molecule has 2 aliphatic carbocycles. The number of rotatable bonds is 3. The second-order valence-electron chi connectivity index (χ2n) is 7.92. The number of nitrogens with zero attached hydrogens (tertiary/aromatic N) is 1. The van der Waals surface area contributed by atoms with E-state index < -0.39 is 0 Å². The molecular weight excluding hydrogens is 340 g/mol. The molecule has 26 heavy (non-hydrogen) atoms. The molecule has 1 N–H and O–H groups in total. The fraction of sp³-hybridized carbons (Fsp3) is 0.348. The number of nitrogens with one attached hydrogen (secondary N) is 1. The molecular formula is C23H23ClN2. The second-order valence-corrected chi connectivity index (χ2v) is 8.36. The van der Waals surface area contributed by atoms with E-state index in [9.17, 15) is 0 Å². The predicted molar refractivity (Wildman–Crippen MR) is 108 cm³/mol. The molecule has 0 saturated heterocycles. The summed E-state index contributed by atoms with van der Waals surface area (Å²) in [7, 11) is 0. The van der Waals surface area contributed by atoms with Gasteiger partial charge in [-0.3, -0.25) is 0 Å². The molecule has 3 heteroatoms. The van der Waals surface area contributed by atoms with Crippen molar-refractivity contribution in [3.8, 4) is 0 Å². The Morgan fingerprint density at radius 1 is 1.00 bits per heavy atom. The van der Waals surface area contributed by atoms with E-state index in [1.165, 1.54) is 37.7 Å². The first-order chi connectivity index (χ1) is 12.7. The first-order valence-electron chi connectivity index (χ1n) is 9.65. The van der Waals surface area contributed by atoms with E-state index in [2.05, 4.69) is 41.4 Å². The summed E-state index contributed by atoms with van der Waals surface area (Å²) in [5.41, 5.74) is 5.24. The van der Waals surface area contributed by atoms with Crippen LogP contribution in [0.25, 0.3) is 17.1 Å². The molecule has 2 bridgehead atoms. The molecule has 1 aromatic heterocycles. The Labute approximate surface area is 159 Å². The lowest BCUT2D eigenvalue weighted by Crippen LogP contribution is -2.20. The Morgan fingerprint density at radius 2 is 1.73 bits per heavy atom. The van der Waals surface area contributed by atoms with E-state index in [0.717, 1.165) is 39.6 Å². The zero-order valence-electron chi connectivity index (χ0n) is 14.8. The van der Waals surface area contributed by atoms with Gasteiger partial charge in [-0.15, -0.1) is 0 Å². The van der Waals surface area contributed by atoms with E-state index in [0.29, 0.717) is 0 Å². The van der Waals surface area contributed by atoms with Gasteiger partial charge >= 0.3 is 0 Å². The molecule has 2 aromatic carbocycles. The summed E-state index contributed by atoms with van der Waals surface area (Å²) in [5, 5.41) is 0.827. The normalized spacial score (nSPS) is 25.0. The van der Waals surface area contributed by atoms with Crippen molar-refractivity contribution in [2.45, 2.75) is 32.1 Å². The van der Waals surface area contributed by atoms with Crippen LogP contribution in [0.1, 0.15) is 37.1 Å². The van der Waals surface area contributed by atoms with Gasteiger partial charge in [0.05, 0.1) is 11.0 Å². The van der Waals surface area contributed by atoms with Crippen LogP contribution in [-0.2, 0) is 6.42 Å². The number of allylic oxidation sites excluding steroid dienone is 1. The van der Waals surface area contributed by atoms with Gasteiger partial charge in [0.15, 0.2) is 0 Å². The van der Waals surface area contributed by atoms with Crippen LogP contribution in [0.5, 0.6) is 0 Å². The largest absolute Gasteiger partial charge is 0.338 e. The van der Waals surface area contributed by atoms with Crippen LogP contribution >= 0.6 is 11.6 Å². The van der Waals surface area contributed by atoms with Crippen molar-refractivity contribution in [1.29, 1.82) is 0 Å². The number of hydrogen-bond acceptors (Lipinski definition) is 1. The predicted octanol–water partition coefficient (Wildman–Crippen LogP) is 6.28. The Bertz CT molecular complexity index is 905. The molecule has 2 fully saturated rings. The first kappa shape index (κ1) is 16.1. The smallest absolute Gasteiger partial charge is 0.131 e. The van der Waals surface area contributed by atoms with E-state index in [4.69, 9.17) is 16.6 Å². The molecule has 0 amide bonds. The zero-order chi connectivity index (χ0) is 17.5. The monoisotopic (exact) mass is 362 g/mol. The van der Waals surface area contributed by atoms with Gasteiger partial charge in [0.1, 0.15) is 5.82 Å². The van der Waals surface area contributed by atoms with Crippen LogP contribution in [0, 0.1) is 17.8 Å². The summed E-state index contributed by atoms with van der Waals surface area (Å²) < 4.78 is 0. The molecule has 0 radical (unpaired) electrons. The molecule has 132 valence electrons. The minimum absolute atomic E-state index is 0.735. The van der Waals surface area contributed by atoms with Crippen molar-refractivity contribution in [1.82, 2.24) is 9.97 Å². The maximum absolute atomic E-state index is 6.02. The van der Waals surface area contributed by atoms with Crippen LogP contribution in [0.4, 0.5) is 0 Å². The van der Waals surface area contributed by atoms with E-state index >= 15 is 0 Å². The van der Waals surface area contributed by atoms with Crippen LogP contribution in [0.2, 0.25) is 5.02 Å². The number of hydrogen-bond donors (Lipinski definition) is 1. The van der Waals surface area contributed by atoms with Crippen molar-refractivity contribution in [3.63, 3.8) is 0 Å². The Hall–Kier alpha value is -2.06. The minimum atomic E-state index is 0.735. The number of H-pyrrole nitrogens is 1. The summed E-state index contributed by atoms with van der Waals surface area (Å²) in [6.07, 6.45) is 8.83. The fourth-order valence-electron chi connectivity index (χ4n) is 5.03. The summed E-state index contributed by atoms with van der Waals surface area (Å²) in [6.45, 7) is 0. The van der Waals surface area contributed by atoms with E-state index in [-0.39, 0.29) is 0 Å². The maximum Gasteiger partial charge on any atom is 0.131 e. The summed E-state index contributed by atoms with van der Waals surface area (Å²) in [6, 6.07) is 16.7.